The molecule has 3 nitrogen and oxygen atoms in total. The van der Waals surface area contributed by atoms with E-state index in [0.29, 0.717) is 17.2 Å². The molecule has 0 saturated carbocycles. The van der Waals surface area contributed by atoms with Crippen molar-refractivity contribution in [2.24, 2.45) is 0 Å². The van der Waals surface area contributed by atoms with E-state index in [1.165, 1.54) is 0 Å². The van der Waals surface area contributed by atoms with Crippen LogP contribution in [0.3, 0.4) is 0 Å². The van der Waals surface area contributed by atoms with Gasteiger partial charge in [-0.2, -0.15) is 0 Å². The molecule has 0 atom stereocenters. The Hall–Kier alpha value is -1.20. The van der Waals surface area contributed by atoms with Crippen LogP contribution in [0, 0.1) is 0 Å². The summed E-state index contributed by atoms with van der Waals surface area (Å²) >= 11 is 5.10. The zero-order chi connectivity index (χ0) is 13.1. The maximum Gasteiger partial charge on any atom is 0.203 e. The summed E-state index contributed by atoms with van der Waals surface area (Å²) < 4.78 is 17.2. The molecule has 5 heteroatoms. The third-order valence-electron chi connectivity index (χ3n) is 2.54. The van der Waals surface area contributed by atoms with Gasteiger partial charge >= 0.3 is 0 Å². The Labute approximate surface area is 118 Å². The maximum atomic E-state index is 5.46. The number of hydrogen-bond donors (Lipinski definition) is 0. The topological polar surface area (TPSA) is 27.7 Å². The molecule has 2 rings (SSSR count). The Morgan fingerprint density at radius 2 is 1.61 bits per heavy atom. The van der Waals surface area contributed by atoms with Crippen LogP contribution in [0.25, 0.3) is 10.4 Å². The largest absolute Gasteiger partial charge is 0.493 e. The average Bonchev–Trinajstić information content (AvgIpc) is 2.83. The minimum absolute atomic E-state index is 0.613. The van der Waals surface area contributed by atoms with E-state index in [1.807, 2.05) is 24.3 Å². The number of halogens is 1. The zero-order valence-electron chi connectivity index (χ0n) is 10.3. The van der Waals surface area contributed by atoms with E-state index in [1.54, 1.807) is 32.7 Å². The molecule has 18 heavy (non-hydrogen) atoms. The lowest BCUT2D eigenvalue weighted by atomic mass is 10.1. The molecule has 0 N–H and O–H groups in total. The van der Waals surface area contributed by atoms with Crippen LogP contribution in [0.4, 0.5) is 0 Å². The van der Waals surface area contributed by atoms with E-state index in [4.69, 9.17) is 14.2 Å². The van der Waals surface area contributed by atoms with Gasteiger partial charge in [-0.3, -0.25) is 0 Å². The zero-order valence-corrected chi connectivity index (χ0v) is 12.7. The first kappa shape index (κ1) is 13.2. The molecule has 0 spiro atoms. The van der Waals surface area contributed by atoms with Gasteiger partial charge in [-0.25, -0.2) is 0 Å². The van der Waals surface area contributed by atoms with E-state index in [2.05, 4.69) is 15.9 Å². The van der Waals surface area contributed by atoms with Crippen LogP contribution >= 0.6 is 27.3 Å². The van der Waals surface area contributed by atoms with Crippen LogP contribution < -0.4 is 14.2 Å². The first-order valence-corrected chi connectivity index (χ1v) is 6.87. The van der Waals surface area contributed by atoms with Crippen molar-refractivity contribution in [1.29, 1.82) is 0 Å². The van der Waals surface area contributed by atoms with E-state index < -0.39 is 0 Å². The molecule has 0 radical (unpaired) electrons. The second kappa shape index (κ2) is 5.63. The van der Waals surface area contributed by atoms with Gasteiger partial charge < -0.3 is 14.2 Å². The third-order valence-corrected chi connectivity index (χ3v) is 4.20. The molecule has 0 fully saturated rings. The van der Waals surface area contributed by atoms with Gasteiger partial charge in [0.25, 0.3) is 0 Å². The van der Waals surface area contributed by atoms with E-state index in [-0.39, 0.29) is 0 Å². The van der Waals surface area contributed by atoms with Crippen molar-refractivity contribution in [3.05, 3.63) is 28.1 Å². The maximum absolute atomic E-state index is 5.46. The molecule has 96 valence electrons. The van der Waals surface area contributed by atoms with Crippen LogP contribution in [-0.4, -0.2) is 21.3 Å². The Morgan fingerprint density at radius 1 is 0.889 bits per heavy atom. The van der Waals surface area contributed by atoms with Crippen molar-refractivity contribution >= 4 is 27.3 Å². The lowest BCUT2D eigenvalue weighted by molar-refractivity contribution is 0.325. The van der Waals surface area contributed by atoms with Gasteiger partial charge in [0.05, 0.1) is 25.1 Å². The quantitative estimate of drug-likeness (QED) is 0.841. The SMILES string of the molecule is COc1ccc(-c2ccc(Br)s2)c(OC)c1OC. The number of thiophene rings is 1. The predicted molar refractivity (Wildman–Crippen MR) is 77.1 cm³/mol. The van der Waals surface area contributed by atoms with Gasteiger partial charge in [-0.05, 0) is 40.2 Å². The molecule has 0 aliphatic heterocycles. The van der Waals surface area contributed by atoms with Crippen LogP contribution in [-0.2, 0) is 0 Å². The second-order valence-corrected chi connectivity index (χ2v) is 5.95. The fourth-order valence-corrected chi connectivity index (χ4v) is 3.16. The molecule has 0 saturated heterocycles. The summed E-state index contributed by atoms with van der Waals surface area (Å²) in [6.45, 7) is 0. The van der Waals surface area contributed by atoms with E-state index in [0.717, 1.165) is 14.2 Å². The lowest BCUT2D eigenvalue weighted by Gasteiger charge is -2.14. The van der Waals surface area contributed by atoms with Gasteiger partial charge in [0.2, 0.25) is 5.75 Å². The molecular formula is C13H13BrO3S. The van der Waals surface area contributed by atoms with Crippen LogP contribution in [0.1, 0.15) is 0 Å². The first-order valence-electron chi connectivity index (χ1n) is 5.26. The van der Waals surface area contributed by atoms with Crippen LogP contribution in [0.2, 0.25) is 0 Å². The van der Waals surface area contributed by atoms with Crippen molar-refractivity contribution in [1.82, 2.24) is 0 Å². The Balaban J connectivity index is 2.61. The molecule has 0 unspecified atom stereocenters. The first-order chi connectivity index (χ1) is 8.71. The number of hydrogen-bond acceptors (Lipinski definition) is 4. The van der Waals surface area contributed by atoms with Gasteiger partial charge in [-0.15, -0.1) is 11.3 Å². The van der Waals surface area contributed by atoms with E-state index >= 15 is 0 Å². The van der Waals surface area contributed by atoms with E-state index in [9.17, 15) is 0 Å². The Morgan fingerprint density at radius 3 is 2.11 bits per heavy atom. The number of benzene rings is 1. The fourth-order valence-electron chi connectivity index (χ4n) is 1.75. The van der Waals surface area contributed by atoms with Gasteiger partial charge in [0, 0.05) is 10.4 Å². The minimum atomic E-state index is 0.613. The highest BCUT2D eigenvalue weighted by molar-refractivity contribution is 9.11. The summed E-state index contributed by atoms with van der Waals surface area (Å²) in [4.78, 5) is 1.11. The van der Waals surface area contributed by atoms with Crippen molar-refractivity contribution in [2.45, 2.75) is 0 Å². The third kappa shape index (κ3) is 2.33. The summed E-state index contributed by atoms with van der Waals surface area (Å²) in [5, 5.41) is 0. The standard InChI is InChI=1S/C13H13BrO3S/c1-15-9-5-4-8(10-6-7-11(14)18-10)12(16-2)13(9)17-3/h4-7H,1-3H3. The average molecular weight is 329 g/mol. The Kier molecular flexibility index (Phi) is 4.14. The highest BCUT2D eigenvalue weighted by atomic mass is 79.9. The molecule has 1 heterocycles. The smallest absolute Gasteiger partial charge is 0.203 e. The van der Waals surface area contributed by atoms with Gasteiger partial charge in [0.15, 0.2) is 11.5 Å². The highest BCUT2D eigenvalue weighted by Crippen LogP contribution is 2.46. The number of ether oxygens (including phenoxy) is 3. The molecule has 0 amide bonds. The summed E-state index contributed by atoms with van der Waals surface area (Å²) in [6, 6.07) is 7.90. The van der Waals surface area contributed by atoms with Gasteiger partial charge in [-0.1, -0.05) is 0 Å². The summed E-state index contributed by atoms with van der Waals surface area (Å²) in [5.74, 6) is 1.96. The highest BCUT2D eigenvalue weighted by Gasteiger charge is 2.17. The summed E-state index contributed by atoms with van der Waals surface area (Å²) in [5.41, 5.74) is 0.992. The summed E-state index contributed by atoms with van der Waals surface area (Å²) in [7, 11) is 4.84. The van der Waals surface area contributed by atoms with Crippen molar-refractivity contribution in [2.75, 3.05) is 21.3 Å². The number of methoxy groups -OCH3 is 3. The van der Waals surface area contributed by atoms with Crippen molar-refractivity contribution in [3.8, 4) is 27.7 Å². The monoisotopic (exact) mass is 328 g/mol. The molecule has 2 aromatic rings. The Bertz CT molecular complexity index is 551. The second-order valence-electron chi connectivity index (χ2n) is 3.49. The molecule has 0 aliphatic carbocycles. The van der Waals surface area contributed by atoms with Crippen LogP contribution in [0.15, 0.2) is 28.1 Å². The van der Waals surface area contributed by atoms with Crippen molar-refractivity contribution in [3.63, 3.8) is 0 Å². The van der Waals surface area contributed by atoms with Crippen LogP contribution in [0.5, 0.6) is 17.2 Å². The molecular weight excluding hydrogens is 316 g/mol. The van der Waals surface area contributed by atoms with Gasteiger partial charge in [0.1, 0.15) is 0 Å². The minimum Gasteiger partial charge on any atom is -0.493 e. The molecule has 0 bridgehead atoms. The molecule has 0 aliphatic rings. The normalized spacial score (nSPS) is 10.2. The predicted octanol–water partition coefficient (Wildman–Crippen LogP) is 4.20. The fraction of sp³-hybridized carbons (Fsp3) is 0.231. The molecule has 1 aromatic carbocycles. The summed E-state index contributed by atoms with van der Waals surface area (Å²) in [6.07, 6.45) is 0. The lowest BCUT2D eigenvalue weighted by Crippen LogP contribution is -1.96. The number of rotatable bonds is 4. The van der Waals surface area contributed by atoms with Crippen molar-refractivity contribution < 1.29 is 14.2 Å². The molecule has 1 aromatic heterocycles.